The van der Waals surface area contributed by atoms with Crippen LogP contribution in [0.2, 0.25) is 0 Å². The molecule has 0 N–H and O–H groups in total. The van der Waals surface area contributed by atoms with Crippen LogP contribution in [0.1, 0.15) is 12.8 Å². The molecule has 0 radical (unpaired) electrons. The van der Waals surface area contributed by atoms with E-state index in [0.29, 0.717) is 0 Å². The molecule has 0 atom stereocenters. The zero-order chi connectivity index (χ0) is 20.4. The fourth-order valence-electron chi connectivity index (χ4n) is 3.79. The molecule has 4 heteroatoms. The van der Waals surface area contributed by atoms with E-state index < -0.39 is 0 Å². The molecule has 0 aromatic heterocycles. The summed E-state index contributed by atoms with van der Waals surface area (Å²) in [6.07, 6.45) is 5.06. The quantitative estimate of drug-likeness (QED) is 0.124. The van der Waals surface area contributed by atoms with Gasteiger partial charge in [-0.2, -0.15) is 0 Å². The van der Waals surface area contributed by atoms with Crippen LogP contribution in [0.25, 0.3) is 0 Å². The van der Waals surface area contributed by atoms with Gasteiger partial charge in [-0.05, 0) is 62.2 Å². The Labute approximate surface area is 215 Å². The van der Waals surface area contributed by atoms with Crippen molar-refractivity contribution >= 4 is 49.5 Å². The Morgan fingerprint density at radius 1 is 0.375 bits per heavy atom. The molecule has 0 saturated carbocycles. The van der Waals surface area contributed by atoms with Gasteiger partial charge in [0.25, 0.3) is 0 Å². The fourth-order valence-corrected chi connectivity index (χ4v) is 8.62. The normalized spacial score (nSPS) is 10.4. The van der Waals surface area contributed by atoms with E-state index in [1.807, 2.05) is 0 Å². The number of hydrogen-bond acceptors (Lipinski definition) is 0. The largest absolute Gasteiger partial charge is 0.147 e. The van der Waals surface area contributed by atoms with E-state index in [4.69, 9.17) is 0 Å². The van der Waals surface area contributed by atoms with Crippen LogP contribution < -0.4 is 21.2 Å². The molecule has 32 heavy (non-hydrogen) atoms. The van der Waals surface area contributed by atoms with Crippen molar-refractivity contribution in [2.24, 2.45) is 0 Å². The first-order valence-corrected chi connectivity index (χ1v) is 13.7. The average Bonchev–Trinajstić information content (AvgIpc) is 2.84. The van der Waals surface area contributed by atoms with Crippen LogP contribution in [0.3, 0.4) is 0 Å². The molecule has 0 fully saturated rings. The van der Waals surface area contributed by atoms with E-state index in [1.54, 1.807) is 0 Å². The Bertz CT molecular complexity index is 835. The summed E-state index contributed by atoms with van der Waals surface area (Å²) >= 11 is 0. The first-order valence-electron chi connectivity index (χ1n) is 10.7. The van der Waals surface area contributed by atoms with Crippen molar-refractivity contribution in [3.8, 4) is 0 Å². The molecule has 0 heterocycles. The van der Waals surface area contributed by atoms with E-state index in [1.165, 1.54) is 46.4 Å². The molecule has 4 rings (SSSR count). The standard InChI is InChI=1S/C28H28P2.ClH.Pd/c1-5-15-25(16-6-1)29(26-17-7-2-8-18-26)23-13-14-24-30(27-19-9-3-10-20-27)28-21-11-4-12-22-28;;/h1-12,15-22H,13-14,23-24H2;1H;. The Hall–Kier alpha value is -1.31. The molecule has 0 aliphatic rings. The Kier molecular flexibility index (Phi) is 12.4. The van der Waals surface area contributed by atoms with Gasteiger partial charge < -0.3 is 0 Å². The molecular weight excluding hydrogens is 540 g/mol. The van der Waals surface area contributed by atoms with Gasteiger partial charge in [-0.25, -0.2) is 0 Å². The first kappa shape index (κ1) is 26.9. The molecule has 0 bridgehead atoms. The zero-order valence-electron chi connectivity index (χ0n) is 18.0. The SMILES string of the molecule is Cl.[Pd].c1ccc(P(CCCCP(c2ccccc2)c2ccccc2)c2ccccc2)cc1. The van der Waals surface area contributed by atoms with E-state index >= 15 is 0 Å². The van der Waals surface area contributed by atoms with Crippen LogP contribution in [-0.2, 0) is 20.4 Å². The van der Waals surface area contributed by atoms with E-state index in [-0.39, 0.29) is 48.7 Å². The summed E-state index contributed by atoms with van der Waals surface area (Å²) < 4.78 is 0. The Balaban J connectivity index is 0.00000181. The number of benzene rings is 4. The first-order chi connectivity index (χ1) is 14.9. The minimum Gasteiger partial charge on any atom is -0.147 e. The molecule has 0 spiro atoms. The third-order valence-corrected chi connectivity index (χ3v) is 10.5. The van der Waals surface area contributed by atoms with Crippen LogP contribution in [0.15, 0.2) is 121 Å². The summed E-state index contributed by atoms with van der Waals surface area (Å²) in [6.45, 7) is 0. The number of unbranched alkanes of at least 4 members (excludes halogenated alkanes) is 1. The van der Waals surface area contributed by atoms with Crippen molar-refractivity contribution in [1.82, 2.24) is 0 Å². The van der Waals surface area contributed by atoms with Crippen molar-refractivity contribution in [2.45, 2.75) is 12.8 Å². The summed E-state index contributed by atoms with van der Waals surface area (Å²) in [7, 11) is -0.566. The molecule has 0 amide bonds. The molecule has 168 valence electrons. The van der Waals surface area contributed by atoms with Gasteiger partial charge in [-0.3, -0.25) is 0 Å². The van der Waals surface area contributed by atoms with Crippen molar-refractivity contribution in [3.05, 3.63) is 121 Å². The third kappa shape index (κ3) is 7.63. The minimum absolute atomic E-state index is 0. The molecule has 4 aromatic rings. The van der Waals surface area contributed by atoms with Crippen molar-refractivity contribution in [2.75, 3.05) is 12.3 Å². The maximum absolute atomic E-state index is 2.31. The molecule has 0 aliphatic heterocycles. The van der Waals surface area contributed by atoms with Crippen LogP contribution in [0.4, 0.5) is 0 Å². The van der Waals surface area contributed by atoms with Gasteiger partial charge >= 0.3 is 0 Å². The second-order valence-corrected chi connectivity index (χ2v) is 12.0. The minimum atomic E-state index is -0.283. The van der Waals surface area contributed by atoms with Crippen LogP contribution in [0, 0.1) is 0 Å². The van der Waals surface area contributed by atoms with Gasteiger partial charge in [0.2, 0.25) is 0 Å². The molecule has 0 aliphatic carbocycles. The van der Waals surface area contributed by atoms with Crippen LogP contribution in [-0.4, -0.2) is 12.3 Å². The summed E-state index contributed by atoms with van der Waals surface area (Å²) in [5.41, 5.74) is 0. The van der Waals surface area contributed by atoms with Crippen LogP contribution >= 0.6 is 28.3 Å². The molecule has 0 unspecified atom stereocenters. The van der Waals surface area contributed by atoms with Gasteiger partial charge in [-0.1, -0.05) is 121 Å². The third-order valence-electron chi connectivity index (χ3n) is 5.28. The topological polar surface area (TPSA) is 0 Å². The number of rotatable bonds is 9. The van der Waals surface area contributed by atoms with Crippen molar-refractivity contribution in [3.63, 3.8) is 0 Å². The Morgan fingerprint density at radius 3 is 0.812 bits per heavy atom. The smallest absolute Gasteiger partial charge is 0 e. The second-order valence-electron chi connectivity index (χ2n) is 7.35. The Morgan fingerprint density at radius 2 is 0.594 bits per heavy atom. The van der Waals surface area contributed by atoms with E-state index in [0.717, 1.165) is 0 Å². The second kappa shape index (κ2) is 14.8. The predicted molar refractivity (Wildman–Crippen MR) is 144 cm³/mol. The number of hydrogen-bond donors (Lipinski definition) is 0. The van der Waals surface area contributed by atoms with Gasteiger partial charge in [0.15, 0.2) is 0 Å². The summed E-state index contributed by atoms with van der Waals surface area (Å²) in [5, 5.41) is 5.97. The average molecular weight is 569 g/mol. The summed E-state index contributed by atoms with van der Waals surface area (Å²) in [6, 6.07) is 44.3. The summed E-state index contributed by atoms with van der Waals surface area (Å²) in [5.74, 6) is 0. The molecule has 4 aromatic carbocycles. The number of halogens is 1. The maximum Gasteiger partial charge on any atom is 0 e. The van der Waals surface area contributed by atoms with Crippen LogP contribution in [0.5, 0.6) is 0 Å². The van der Waals surface area contributed by atoms with Gasteiger partial charge in [-0.15, -0.1) is 12.4 Å². The van der Waals surface area contributed by atoms with Gasteiger partial charge in [0, 0.05) is 20.4 Å². The summed E-state index contributed by atoms with van der Waals surface area (Å²) in [4.78, 5) is 0. The van der Waals surface area contributed by atoms with Gasteiger partial charge in [0.1, 0.15) is 0 Å². The van der Waals surface area contributed by atoms with Crippen molar-refractivity contribution < 1.29 is 20.4 Å². The van der Waals surface area contributed by atoms with E-state index in [9.17, 15) is 0 Å². The van der Waals surface area contributed by atoms with Gasteiger partial charge in [0.05, 0.1) is 0 Å². The zero-order valence-corrected chi connectivity index (χ0v) is 22.2. The fraction of sp³-hybridized carbons (Fsp3) is 0.143. The molecular formula is C28H29ClP2Pd. The molecule has 0 saturated heterocycles. The molecule has 0 nitrogen and oxygen atoms in total. The van der Waals surface area contributed by atoms with E-state index in [2.05, 4.69) is 121 Å². The maximum atomic E-state index is 2.31. The van der Waals surface area contributed by atoms with Crippen molar-refractivity contribution in [1.29, 1.82) is 0 Å². The predicted octanol–water partition coefficient (Wildman–Crippen LogP) is 6.45. The monoisotopic (exact) mass is 568 g/mol.